The second kappa shape index (κ2) is 6.60. The smallest absolute Gasteiger partial charge is 0.102 e. The first-order valence-corrected chi connectivity index (χ1v) is 8.09. The molecule has 0 unspecified atom stereocenters. The van der Waals surface area contributed by atoms with Crippen molar-refractivity contribution in [2.75, 3.05) is 23.1 Å². The van der Waals surface area contributed by atoms with Crippen LogP contribution in [0.4, 0.5) is 11.4 Å². The minimum absolute atomic E-state index is 0.264. The average molecular weight is 312 g/mol. The topological polar surface area (TPSA) is 46.9 Å². The van der Waals surface area contributed by atoms with E-state index >= 15 is 0 Å². The Balaban J connectivity index is 2.04. The molecule has 4 nitrogen and oxygen atoms in total. The summed E-state index contributed by atoms with van der Waals surface area (Å²) in [6.07, 6.45) is -0.836. The molecule has 2 N–H and O–H groups in total. The first kappa shape index (κ1) is 15.8. The van der Waals surface area contributed by atoms with Gasteiger partial charge in [-0.3, -0.25) is 0 Å². The summed E-state index contributed by atoms with van der Waals surface area (Å²) < 4.78 is 0. The standard InChI is InChI=1S/C19H24N2O2/c1-14(2)20-13-21(17-11-7-6-10-16(17)20)19(18(23)12-22)15-8-4-3-5-9-15/h3-11,14,18-19,22-23H,12-13H2,1-2H3/t18-,19+/m1/s1. The van der Waals surface area contributed by atoms with Crippen molar-refractivity contribution < 1.29 is 10.2 Å². The molecule has 0 spiro atoms. The lowest BCUT2D eigenvalue weighted by Gasteiger charge is -2.34. The van der Waals surface area contributed by atoms with Crippen molar-refractivity contribution in [3.8, 4) is 0 Å². The van der Waals surface area contributed by atoms with Gasteiger partial charge in [0.15, 0.2) is 0 Å². The van der Waals surface area contributed by atoms with E-state index in [-0.39, 0.29) is 12.6 Å². The number of fused-ring (bicyclic) bond motifs is 1. The molecule has 0 saturated carbocycles. The predicted molar refractivity (Wildman–Crippen MR) is 93.7 cm³/mol. The fourth-order valence-electron chi connectivity index (χ4n) is 3.31. The maximum atomic E-state index is 10.5. The monoisotopic (exact) mass is 312 g/mol. The third kappa shape index (κ3) is 2.92. The molecule has 0 saturated heterocycles. The van der Waals surface area contributed by atoms with E-state index in [1.807, 2.05) is 42.5 Å². The van der Waals surface area contributed by atoms with Crippen molar-refractivity contribution in [3.63, 3.8) is 0 Å². The van der Waals surface area contributed by atoms with E-state index in [0.29, 0.717) is 12.7 Å². The Labute approximate surface area is 137 Å². The van der Waals surface area contributed by atoms with Crippen LogP contribution in [0.2, 0.25) is 0 Å². The largest absolute Gasteiger partial charge is 0.394 e. The van der Waals surface area contributed by atoms with E-state index in [2.05, 4.69) is 35.8 Å². The van der Waals surface area contributed by atoms with Gasteiger partial charge in [0.1, 0.15) is 6.10 Å². The van der Waals surface area contributed by atoms with Crippen LogP contribution in [-0.2, 0) is 0 Å². The quantitative estimate of drug-likeness (QED) is 0.891. The Bertz CT molecular complexity index is 645. The van der Waals surface area contributed by atoms with Gasteiger partial charge >= 0.3 is 0 Å². The summed E-state index contributed by atoms with van der Waals surface area (Å²) in [7, 11) is 0. The molecular formula is C19H24N2O2. The van der Waals surface area contributed by atoms with E-state index in [1.54, 1.807) is 0 Å². The van der Waals surface area contributed by atoms with Crippen LogP contribution in [0, 0.1) is 0 Å². The fourth-order valence-corrected chi connectivity index (χ4v) is 3.31. The highest BCUT2D eigenvalue weighted by atomic mass is 16.3. The number of rotatable bonds is 5. The molecule has 1 aliphatic rings. The summed E-state index contributed by atoms with van der Waals surface area (Å²) in [5.41, 5.74) is 3.28. The summed E-state index contributed by atoms with van der Waals surface area (Å²) in [4.78, 5) is 4.50. The number of nitrogens with zero attached hydrogens (tertiary/aromatic N) is 2. The first-order valence-electron chi connectivity index (χ1n) is 8.09. The van der Waals surface area contributed by atoms with E-state index in [9.17, 15) is 10.2 Å². The molecule has 1 heterocycles. The second-order valence-electron chi connectivity index (χ2n) is 6.27. The van der Waals surface area contributed by atoms with Gasteiger partial charge in [-0.2, -0.15) is 0 Å². The normalized spacial score (nSPS) is 16.6. The molecule has 0 fully saturated rings. The highest BCUT2D eigenvalue weighted by Gasteiger charge is 2.35. The lowest BCUT2D eigenvalue weighted by atomic mass is 10.00. The number of anilines is 2. The van der Waals surface area contributed by atoms with Crippen LogP contribution in [-0.4, -0.2) is 35.6 Å². The van der Waals surface area contributed by atoms with Gasteiger partial charge in [-0.25, -0.2) is 0 Å². The fraction of sp³-hybridized carbons (Fsp3) is 0.368. The minimum Gasteiger partial charge on any atom is -0.394 e. The molecule has 23 heavy (non-hydrogen) atoms. The molecule has 0 aromatic heterocycles. The minimum atomic E-state index is -0.836. The Morgan fingerprint density at radius 1 is 0.913 bits per heavy atom. The number of aliphatic hydroxyl groups excluding tert-OH is 2. The zero-order valence-electron chi connectivity index (χ0n) is 13.6. The Kier molecular flexibility index (Phi) is 4.55. The van der Waals surface area contributed by atoms with Crippen LogP contribution in [0.15, 0.2) is 54.6 Å². The zero-order chi connectivity index (χ0) is 16.4. The number of benzene rings is 2. The Morgan fingerprint density at radius 3 is 2.04 bits per heavy atom. The highest BCUT2D eigenvalue weighted by molar-refractivity contribution is 5.77. The van der Waals surface area contributed by atoms with Crippen LogP contribution in [0.5, 0.6) is 0 Å². The molecule has 0 radical (unpaired) electrons. The Hall–Kier alpha value is -2.04. The van der Waals surface area contributed by atoms with Crippen LogP contribution < -0.4 is 9.80 Å². The van der Waals surface area contributed by atoms with Gasteiger partial charge < -0.3 is 20.0 Å². The van der Waals surface area contributed by atoms with E-state index in [4.69, 9.17) is 0 Å². The van der Waals surface area contributed by atoms with E-state index in [1.165, 1.54) is 5.69 Å². The molecule has 0 aliphatic carbocycles. The number of hydrogen-bond donors (Lipinski definition) is 2. The van der Waals surface area contributed by atoms with Crippen LogP contribution in [0.3, 0.4) is 0 Å². The summed E-state index contributed by atoms with van der Waals surface area (Å²) >= 11 is 0. The lowest BCUT2D eigenvalue weighted by molar-refractivity contribution is 0.0716. The molecule has 2 aromatic carbocycles. The van der Waals surface area contributed by atoms with Crippen LogP contribution >= 0.6 is 0 Å². The number of hydrogen-bond acceptors (Lipinski definition) is 4. The average Bonchev–Trinajstić information content (AvgIpc) is 2.96. The molecule has 0 bridgehead atoms. The molecule has 3 rings (SSSR count). The lowest BCUT2D eigenvalue weighted by Crippen LogP contribution is -2.42. The molecule has 0 amide bonds. The maximum Gasteiger partial charge on any atom is 0.102 e. The summed E-state index contributed by atoms with van der Waals surface area (Å²) in [5.74, 6) is 0. The van der Waals surface area contributed by atoms with Crippen LogP contribution in [0.1, 0.15) is 25.5 Å². The SMILES string of the molecule is CC(C)N1CN([C@@H](c2ccccc2)[C@H](O)CO)c2ccccc21. The summed E-state index contributed by atoms with van der Waals surface area (Å²) in [6, 6.07) is 18.2. The van der Waals surface area contributed by atoms with Crippen molar-refractivity contribution >= 4 is 11.4 Å². The van der Waals surface area contributed by atoms with E-state index in [0.717, 1.165) is 11.3 Å². The predicted octanol–water partition coefficient (Wildman–Crippen LogP) is 2.77. The molecule has 1 aliphatic heterocycles. The second-order valence-corrected chi connectivity index (χ2v) is 6.27. The van der Waals surface area contributed by atoms with Gasteiger partial charge in [-0.05, 0) is 31.5 Å². The number of aliphatic hydroxyl groups is 2. The molecule has 4 heteroatoms. The highest BCUT2D eigenvalue weighted by Crippen LogP contribution is 2.42. The van der Waals surface area contributed by atoms with Gasteiger partial charge in [0.2, 0.25) is 0 Å². The number of para-hydroxylation sites is 2. The van der Waals surface area contributed by atoms with Crippen LogP contribution in [0.25, 0.3) is 0 Å². The van der Waals surface area contributed by atoms with Crippen molar-refractivity contribution in [2.24, 2.45) is 0 Å². The molecular weight excluding hydrogens is 288 g/mol. The third-order valence-electron chi connectivity index (χ3n) is 4.46. The van der Waals surface area contributed by atoms with Gasteiger partial charge in [-0.15, -0.1) is 0 Å². The van der Waals surface area contributed by atoms with Gasteiger partial charge in [0, 0.05) is 6.04 Å². The van der Waals surface area contributed by atoms with E-state index < -0.39 is 6.10 Å². The van der Waals surface area contributed by atoms with Crippen molar-refractivity contribution in [2.45, 2.75) is 32.0 Å². The molecule has 2 atom stereocenters. The molecule has 2 aromatic rings. The Morgan fingerprint density at radius 2 is 1.48 bits per heavy atom. The van der Waals surface area contributed by atoms with Crippen molar-refractivity contribution in [3.05, 3.63) is 60.2 Å². The van der Waals surface area contributed by atoms with Gasteiger partial charge in [-0.1, -0.05) is 42.5 Å². The van der Waals surface area contributed by atoms with Gasteiger partial charge in [0.05, 0.1) is 30.7 Å². The summed E-state index contributed by atoms with van der Waals surface area (Å²) in [5, 5.41) is 20.0. The first-order chi connectivity index (χ1) is 11.1. The van der Waals surface area contributed by atoms with Gasteiger partial charge in [0.25, 0.3) is 0 Å². The maximum absolute atomic E-state index is 10.5. The van der Waals surface area contributed by atoms with Crippen molar-refractivity contribution in [1.82, 2.24) is 0 Å². The van der Waals surface area contributed by atoms with Crippen molar-refractivity contribution in [1.29, 1.82) is 0 Å². The third-order valence-corrected chi connectivity index (χ3v) is 4.46. The zero-order valence-corrected chi connectivity index (χ0v) is 13.6. The summed E-state index contributed by atoms with van der Waals surface area (Å²) in [6.45, 7) is 4.77. The molecule has 122 valence electrons.